The summed E-state index contributed by atoms with van der Waals surface area (Å²) < 4.78 is 2.12. The molecule has 1 amide bonds. The van der Waals surface area contributed by atoms with Crippen LogP contribution in [-0.2, 0) is 11.8 Å². The van der Waals surface area contributed by atoms with E-state index in [2.05, 4.69) is 42.7 Å². The van der Waals surface area contributed by atoms with E-state index in [4.69, 9.17) is 4.98 Å². The third-order valence-electron chi connectivity index (χ3n) is 4.97. The summed E-state index contributed by atoms with van der Waals surface area (Å²) in [5, 5.41) is 0. The summed E-state index contributed by atoms with van der Waals surface area (Å²) in [6.07, 6.45) is 0.518. The summed E-state index contributed by atoms with van der Waals surface area (Å²) in [5.74, 6) is 1.31. The maximum atomic E-state index is 12.6. The molecule has 0 spiro atoms. The number of para-hydroxylation sites is 2. The molecule has 1 atom stereocenters. The fourth-order valence-electron chi connectivity index (χ4n) is 3.65. The lowest BCUT2D eigenvalue weighted by molar-refractivity contribution is -0.117. The number of aryl methyl sites for hydroxylation is 3. The molecule has 0 radical (unpaired) electrons. The van der Waals surface area contributed by atoms with Crippen LogP contribution in [0, 0.1) is 13.8 Å². The van der Waals surface area contributed by atoms with Crippen molar-refractivity contribution in [3.8, 4) is 0 Å². The zero-order valence-electron chi connectivity index (χ0n) is 14.3. The van der Waals surface area contributed by atoms with Gasteiger partial charge in [-0.1, -0.05) is 24.3 Å². The van der Waals surface area contributed by atoms with Crippen molar-refractivity contribution in [1.82, 2.24) is 9.55 Å². The fourth-order valence-corrected chi connectivity index (χ4v) is 3.65. The van der Waals surface area contributed by atoms with Crippen LogP contribution in [0.4, 0.5) is 5.69 Å². The van der Waals surface area contributed by atoms with E-state index in [1.165, 1.54) is 5.56 Å². The van der Waals surface area contributed by atoms with Gasteiger partial charge in [-0.3, -0.25) is 4.79 Å². The second-order valence-corrected chi connectivity index (χ2v) is 6.71. The second-order valence-electron chi connectivity index (χ2n) is 6.71. The Balaban J connectivity index is 1.71. The van der Waals surface area contributed by atoms with Gasteiger partial charge in [0, 0.05) is 31.6 Å². The standard InChI is InChI=1S/C20H21N3O/c1-13-8-9-14(2)18(10-13)23-12-15(11-19(23)24)20-21-16-6-4-5-7-17(16)22(20)3/h4-10,15H,11-12H2,1-3H3/t15-/m0/s1. The van der Waals surface area contributed by atoms with E-state index in [9.17, 15) is 4.79 Å². The highest BCUT2D eigenvalue weighted by Crippen LogP contribution is 2.34. The number of imidazole rings is 1. The molecular formula is C20H21N3O. The third-order valence-corrected chi connectivity index (χ3v) is 4.97. The lowest BCUT2D eigenvalue weighted by Gasteiger charge is -2.19. The molecule has 0 N–H and O–H groups in total. The van der Waals surface area contributed by atoms with Crippen LogP contribution in [-0.4, -0.2) is 22.0 Å². The highest BCUT2D eigenvalue weighted by Gasteiger charge is 2.34. The van der Waals surface area contributed by atoms with Gasteiger partial charge in [-0.25, -0.2) is 4.98 Å². The van der Waals surface area contributed by atoms with E-state index < -0.39 is 0 Å². The van der Waals surface area contributed by atoms with Crippen LogP contribution in [0.3, 0.4) is 0 Å². The van der Waals surface area contributed by atoms with Crippen molar-refractivity contribution >= 4 is 22.6 Å². The van der Waals surface area contributed by atoms with E-state index in [0.717, 1.165) is 28.1 Å². The Morgan fingerprint density at radius 3 is 2.71 bits per heavy atom. The molecule has 122 valence electrons. The summed E-state index contributed by atoms with van der Waals surface area (Å²) in [6, 6.07) is 14.4. The van der Waals surface area contributed by atoms with Crippen molar-refractivity contribution in [2.24, 2.45) is 7.05 Å². The number of anilines is 1. The first-order chi connectivity index (χ1) is 11.5. The van der Waals surface area contributed by atoms with Crippen molar-refractivity contribution in [3.63, 3.8) is 0 Å². The highest BCUT2D eigenvalue weighted by atomic mass is 16.2. The minimum atomic E-state index is 0.134. The molecule has 1 saturated heterocycles. The summed E-state index contributed by atoms with van der Waals surface area (Å²) in [7, 11) is 2.04. The van der Waals surface area contributed by atoms with Gasteiger partial charge in [0.1, 0.15) is 5.82 Å². The average molecular weight is 319 g/mol. The first-order valence-electron chi connectivity index (χ1n) is 8.33. The van der Waals surface area contributed by atoms with Gasteiger partial charge in [-0.2, -0.15) is 0 Å². The molecule has 0 aliphatic carbocycles. The molecule has 2 heterocycles. The predicted molar refractivity (Wildman–Crippen MR) is 96.3 cm³/mol. The molecule has 0 bridgehead atoms. The maximum absolute atomic E-state index is 12.6. The molecule has 24 heavy (non-hydrogen) atoms. The Morgan fingerprint density at radius 1 is 1.12 bits per heavy atom. The maximum Gasteiger partial charge on any atom is 0.227 e. The summed E-state index contributed by atoms with van der Waals surface area (Å²) in [4.78, 5) is 19.3. The van der Waals surface area contributed by atoms with Crippen molar-refractivity contribution in [2.75, 3.05) is 11.4 Å². The van der Waals surface area contributed by atoms with Gasteiger partial charge in [-0.15, -0.1) is 0 Å². The quantitative estimate of drug-likeness (QED) is 0.722. The Bertz CT molecular complexity index is 941. The van der Waals surface area contributed by atoms with Gasteiger partial charge in [0.2, 0.25) is 5.91 Å². The zero-order valence-corrected chi connectivity index (χ0v) is 14.3. The molecule has 1 aliphatic heterocycles. The number of hydrogen-bond acceptors (Lipinski definition) is 2. The minimum absolute atomic E-state index is 0.134. The van der Waals surface area contributed by atoms with Gasteiger partial charge in [0.05, 0.1) is 11.0 Å². The molecule has 4 heteroatoms. The number of carbonyl (C=O) groups is 1. The van der Waals surface area contributed by atoms with Crippen LogP contribution in [0.15, 0.2) is 42.5 Å². The van der Waals surface area contributed by atoms with Crippen molar-refractivity contribution in [2.45, 2.75) is 26.2 Å². The van der Waals surface area contributed by atoms with Crippen LogP contribution in [0.2, 0.25) is 0 Å². The Kier molecular flexibility index (Phi) is 3.41. The summed E-state index contributed by atoms with van der Waals surface area (Å²) in [6.45, 7) is 4.82. The van der Waals surface area contributed by atoms with Gasteiger partial charge in [0.25, 0.3) is 0 Å². The van der Waals surface area contributed by atoms with Gasteiger partial charge in [-0.05, 0) is 43.2 Å². The first-order valence-corrected chi connectivity index (χ1v) is 8.33. The number of nitrogens with zero attached hydrogens (tertiary/aromatic N) is 3. The van der Waals surface area contributed by atoms with Crippen LogP contribution in [0.25, 0.3) is 11.0 Å². The van der Waals surface area contributed by atoms with E-state index >= 15 is 0 Å². The number of fused-ring (bicyclic) bond motifs is 1. The van der Waals surface area contributed by atoms with Crippen molar-refractivity contribution < 1.29 is 4.79 Å². The van der Waals surface area contributed by atoms with E-state index in [1.54, 1.807) is 0 Å². The molecule has 0 unspecified atom stereocenters. The molecule has 4 nitrogen and oxygen atoms in total. The van der Waals surface area contributed by atoms with Crippen LogP contribution >= 0.6 is 0 Å². The van der Waals surface area contributed by atoms with Crippen molar-refractivity contribution in [1.29, 1.82) is 0 Å². The first kappa shape index (κ1) is 14.9. The van der Waals surface area contributed by atoms with E-state index in [0.29, 0.717) is 13.0 Å². The molecule has 1 fully saturated rings. The highest BCUT2D eigenvalue weighted by molar-refractivity contribution is 5.97. The largest absolute Gasteiger partial charge is 0.331 e. The Labute approximate surface area is 141 Å². The smallest absolute Gasteiger partial charge is 0.227 e. The topological polar surface area (TPSA) is 38.1 Å². The predicted octanol–water partition coefficient (Wildman–Crippen LogP) is 3.71. The number of rotatable bonds is 2. The number of carbonyl (C=O) groups excluding carboxylic acids is 1. The number of hydrogen-bond donors (Lipinski definition) is 0. The molecule has 0 saturated carbocycles. The third kappa shape index (κ3) is 2.30. The molecule has 4 rings (SSSR count). The van der Waals surface area contributed by atoms with Crippen LogP contribution in [0.1, 0.15) is 29.3 Å². The molecule has 1 aliphatic rings. The summed E-state index contributed by atoms with van der Waals surface area (Å²) >= 11 is 0. The van der Waals surface area contributed by atoms with Gasteiger partial charge >= 0.3 is 0 Å². The van der Waals surface area contributed by atoms with Crippen LogP contribution in [0.5, 0.6) is 0 Å². The number of amides is 1. The van der Waals surface area contributed by atoms with E-state index in [1.807, 2.05) is 30.1 Å². The second kappa shape index (κ2) is 5.48. The van der Waals surface area contributed by atoms with Crippen LogP contribution < -0.4 is 4.90 Å². The fraction of sp³-hybridized carbons (Fsp3) is 0.300. The molecule has 1 aromatic heterocycles. The minimum Gasteiger partial charge on any atom is -0.331 e. The van der Waals surface area contributed by atoms with E-state index in [-0.39, 0.29) is 11.8 Å². The summed E-state index contributed by atoms with van der Waals surface area (Å²) in [5.41, 5.74) is 5.45. The van der Waals surface area contributed by atoms with Gasteiger partial charge < -0.3 is 9.47 Å². The average Bonchev–Trinajstić information content (AvgIpc) is 3.11. The van der Waals surface area contributed by atoms with Gasteiger partial charge in [0.15, 0.2) is 0 Å². The number of benzene rings is 2. The zero-order chi connectivity index (χ0) is 16.8. The monoisotopic (exact) mass is 319 g/mol. The normalized spacial score (nSPS) is 17.9. The van der Waals surface area contributed by atoms with Crippen molar-refractivity contribution in [3.05, 3.63) is 59.4 Å². The number of aromatic nitrogens is 2. The molecular weight excluding hydrogens is 298 g/mol. The lowest BCUT2D eigenvalue weighted by Crippen LogP contribution is -2.25. The lowest BCUT2D eigenvalue weighted by atomic mass is 10.1. The molecule has 3 aromatic rings. The Morgan fingerprint density at radius 2 is 1.92 bits per heavy atom. The SMILES string of the molecule is Cc1ccc(C)c(N2C[C@@H](c3nc4ccccc4n3C)CC2=O)c1. The Hall–Kier alpha value is -2.62. The molecule has 2 aromatic carbocycles.